The summed E-state index contributed by atoms with van der Waals surface area (Å²) in [5.41, 5.74) is 2.44. The zero-order valence-corrected chi connectivity index (χ0v) is 21.8. The first-order valence-electron chi connectivity index (χ1n) is 12.5. The number of rotatable bonds is 9. The standard InChI is InChI=1S/C29H30FN3O3S/c1-20(2)27-25(19-32(18-24-13-7-15-35-24)28(34)26-14-8-16-37-26)29(36-23-12-6-9-21(30)17-23)33(31-27)22-10-4-3-5-11-22/h3-6,8-12,14,16-17,20,24H,7,13,15,18-19H2,1-2H3. The van der Waals surface area contributed by atoms with Gasteiger partial charge in [0.25, 0.3) is 5.91 Å². The molecule has 0 saturated carbocycles. The third-order valence-corrected chi connectivity index (χ3v) is 7.20. The van der Waals surface area contributed by atoms with Crippen LogP contribution in [-0.2, 0) is 11.3 Å². The maximum atomic E-state index is 14.1. The number of aromatic nitrogens is 2. The molecule has 1 unspecified atom stereocenters. The van der Waals surface area contributed by atoms with Gasteiger partial charge >= 0.3 is 0 Å². The molecular formula is C29H30FN3O3S. The summed E-state index contributed by atoms with van der Waals surface area (Å²) in [6.45, 7) is 5.62. The fourth-order valence-corrected chi connectivity index (χ4v) is 5.25. The molecule has 0 N–H and O–H groups in total. The number of carbonyl (C=O) groups is 1. The normalized spacial score (nSPS) is 15.3. The molecule has 0 aliphatic carbocycles. The van der Waals surface area contributed by atoms with Gasteiger partial charge in [0.2, 0.25) is 5.88 Å². The molecule has 1 amide bonds. The lowest BCUT2D eigenvalue weighted by Gasteiger charge is -2.26. The van der Waals surface area contributed by atoms with Gasteiger partial charge in [-0.3, -0.25) is 4.79 Å². The van der Waals surface area contributed by atoms with E-state index in [1.807, 2.05) is 52.7 Å². The minimum atomic E-state index is -0.387. The van der Waals surface area contributed by atoms with E-state index in [9.17, 15) is 9.18 Å². The second-order valence-corrected chi connectivity index (χ2v) is 10.4. The van der Waals surface area contributed by atoms with E-state index in [-0.39, 0.29) is 23.7 Å². The fourth-order valence-electron chi connectivity index (χ4n) is 4.55. The van der Waals surface area contributed by atoms with E-state index < -0.39 is 0 Å². The minimum absolute atomic E-state index is 0.0110. The molecule has 6 nitrogen and oxygen atoms in total. The van der Waals surface area contributed by atoms with Crippen molar-refractivity contribution in [2.75, 3.05) is 13.2 Å². The highest BCUT2D eigenvalue weighted by molar-refractivity contribution is 7.12. The van der Waals surface area contributed by atoms with Gasteiger partial charge in [-0.2, -0.15) is 5.10 Å². The number of amides is 1. The quantitative estimate of drug-likeness (QED) is 0.244. The molecule has 1 saturated heterocycles. The number of ether oxygens (including phenoxy) is 2. The van der Waals surface area contributed by atoms with Crippen molar-refractivity contribution < 1.29 is 18.7 Å². The van der Waals surface area contributed by atoms with Crippen LogP contribution in [0.4, 0.5) is 4.39 Å². The lowest BCUT2D eigenvalue weighted by Crippen LogP contribution is -2.36. The van der Waals surface area contributed by atoms with Gasteiger partial charge in [0.1, 0.15) is 11.6 Å². The van der Waals surface area contributed by atoms with Gasteiger partial charge in [-0.05, 0) is 54.5 Å². The van der Waals surface area contributed by atoms with E-state index in [1.165, 1.54) is 23.5 Å². The van der Waals surface area contributed by atoms with Gasteiger partial charge in [0, 0.05) is 19.2 Å². The van der Waals surface area contributed by atoms with Crippen molar-refractivity contribution in [2.45, 2.75) is 45.3 Å². The zero-order chi connectivity index (χ0) is 25.8. The van der Waals surface area contributed by atoms with Crippen molar-refractivity contribution in [3.8, 4) is 17.3 Å². The maximum Gasteiger partial charge on any atom is 0.264 e. The molecule has 1 fully saturated rings. The lowest BCUT2D eigenvalue weighted by molar-refractivity contribution is 0.0509. The van der Waals surface area contributed by atoms with E-state index in [1.54, 1.807) is 16.8 Å². The summed E-state index contributed by atoms with van der Waals surface area (Å²) >= 11 is 1.42. The monoisotopic (exact) mass is 519 g/mol. The number of thiophene rings is 1. The average Bonchev–Trinajstić information content (AvgIpc) is 3.67. The summed E-state index contributed by atoms with van der Waals surface area (Å²) in [7, 11) is 0. The van der Waals surface area contributed by atoms with Crippen LogP contribution < -0.4 is 4.74 Å². The first-order valence-corrected chi connectivity index (χ1v) is 13.4. The molecule has 0 spiro atoms. The Hall–Kier alpha value is -3.49. The Morgan fingerprint density at radius 2 is 2.03 bits per heavy atom. The summed E-state index contributed by atoms with van der Waals surface area (Å²) in [6.07, 6.45) is 1.90. The van der Waals surface area contributed by atoms with E-state index in [0.717, 1.165) is 29.8 Å². The molecular weight excluding hydrogens is 489 g/mol. The highest BCUT2D eigenvalue weighted by Crippen LogP contribution is 2.35. The van der Waals surface area contributed by atoms with E-state index in [2.05, 4.69) is 13.8 Å². The minimum Gasteiger partial charge on any atom is -0.438 e. The van der Waals surface area contributed by atoms with Crippen LogP contribution in [0.25, 0.3) is 5.69 Å². The second-order valence-electron chi connectivity index (χ2n) is 9.43. The van der Waals surface area contributed by atoms with Crippen molar-refractivity contribution in [1.29, 1.82) is 0 Å². The van der Waals surface area contributed by atoms with Crippen LogP contribution in [0.2, 0.25) is 0 Å². The molecule has 1 aliphatic rings. The fraction of sp³-hybridized carbons (Fsp3) is 0.310. The Balaban J connectivity index is 1.60. The molecule has 1 atom stereocenters. The van der Waals surface area contributed by atoms with Crippen LogP contribution in [-0.4, -0.2) is 39.8 Å². The Labute approximate surface area is 220 Å². The number of benzene rings is 2. The molecule has 0 bridgehead atoms. The first kappa shape index (κ1) is 25.2. The Bertz CT molecular complexity index is 1330. The molecule has 5 rings (SSSR count). The number of carbonyl (C=O) groups excluding carboxylic acids is 1. The highest BCUT2D eigenvalue weighted by Gasteiger charge is 2.30. The van der Waals surface area contributed by atoms with Gasteiger partial charge in [0.15, 0.2) is 0 Å². The number of halogens is 1. The predicted octanol–water partition coefficient (Wildman–Crippen LogP) is 6.81. The summed E-state index contributed by atoms with van der Waals surface area (Å²) in [4.78, 5) is 16.1. The third kappa shape index (κ3) is 5.76. The van der Waals surface area contributed by atoms with Gasteiger partial charge in [-0.15, -0.1) is 11.3 Å². The summed E-state index contributed by atoms with van der Waals surface area (Å²) < 4.78 is 28.0. The van der Waals surface area contributed by atoms with E-state index in [4.69, 9.17) is 14.6 Å². The SMILES string of the molecule is CC(C)c1nn(-c2ccccc2)c(Oc2cccc(F)c2)c1CN(CC1CCCO1)C(=O)c1cccs1. The van der Waals surface area contributed by atoms with Crippen LogP contribution in [0.1, 0.15) is 53.5 Å². The van der Waals surface area contributed by atoms with Gasteiger partial charge in [0.05, 0.1) is 34.5 Å². The molecule has 192 valence electrons. The molecule has 0 radical (unpaired) electrons. The number of hydrogen-bond donors (Lipinski definition) is 0. The Morgan fingerprint density at radius 3 is 2.70 bits per heavy atom. The van der Waals surface area contributed by atoms with E-state index >= 15 is 0 Å². The van der Waals surface area contributed by atoms with Crippen molar-refractivity contribution in [3.05, 3.63) is 94.1 Å². The lowest BCUT2D eigenvalue weighted by atomic mass is 10.0. The topological polar surface area (TPSA) is 56.6 Å². The second kappa shape index (κ2) is 11.3. The average molecular weight is 520 g/mol. The largest absolute Gasteiger partial charge is 0.438 e. The molecule has 4 aromatic rings. The Kier molecular flexibility index (Phi) is 7.67. The molecule has 3 heterocycles. The number of para-hydroxylation sites is 1. The summed E-state index contributed by atoms with van der Waals surface area (Å²) in [5.74, 6) is 0.461. The summed E-state index contributed by atoms with van der Waals surface area (Å²) in [5, 5.41) is 6.84. The van der Waals surface area contributed by atoms with Crippen LogP contribution in [0.5, 0.6) is 11.6 Å². The Morgan fingerprint density at radius 1 is 1.19 bits per heavy atom. The molecule has 37 heavy (non-hydrogen) atoms. The molecule has 2 aromatic carbocycles. The first-order chi connectivity index (χ1) is 18.0. The van der Waals surface area contributed by atoms with E-state index in [0.29, 0.717) is 36.2 Å². The van der Waals surface area contributed by atoms with Crippen molar-refractivity contribution in [1.82, 2.24) is 14.7 Å². The third-order valence-electron chi connectivity index (χ3n) is 6.34. The summed E-state index contributed by atoms with van der Waals surface area (Å²) in [6, 6.07) is 19.5. The van der Waals surface area contributed by atoms with Crippen molar-refractivity contribution in [3.63, 3.8) is 0 Å². The zero-order valence-electron chi connectivity index (χ0n) is 21.0. The van der Waals surface area contributed by atoms with Crippen LogP contribution in [0.15, 0.2) is 72.1 Å². The van der Waals surface area contributed by atoms with Gasteiger partial charge in [-0.25, -0.2) is 9.07 Å². The van der Waals surface area contributed by atoms with Gasteiger partial charge in [-0.1, -0.05) is 44.2 Å². The maximum absolute atomic E-state index is 14.1. The molecule has 8 heteroatoms. The van der Waals surface area contributed by atoms with Crippen molar-refractivity contribution in [2.24, 2.45) is 0 Å². The smallest absolute Gasteiger partial charge is 0.264 e. The number of nitrogens with zero attached hydrogens (tertiary/aromatic N) is 3. The molecule has 2 aromatic heterocycles. The number of hydrogen-bond acceptors (Lipinski definition) is 5. The van der Waals surface area contributed by atoms with Crippen molar-refractivity contribution >= 4 is 17.2 Å². The van der Waals surface area contributed by atoms with Crippen LogP contribution >= 0.6 is 11.3 Å². The molecule has 1 aliphatic heterocycles. The van der Waals surface area contributed by atoms with Gasteiger partial charge < -0.3 is 14.4 Å². The predicted molar refractivity (Wildman–Crippen MR) is 142 cm³/mol. The highest BCUT2D eigenvalue weighted by atomic mass is 32.1. The van der Waals surface area contributed by atoms with Crippen LogP contribution in [0, 0.1) is 5.82 Å². The van der Waals surface area contributed by atoms with Crippen LogP contribution in [0.3, 0.4) is 0 Å².